The van der Waals surface area contributed by atoms with Crippen LogP contribution in [0.25, 0.3) is 11.1 Å². The number of rotatable bonds is 11. The van der Waals surface area contributed by atoms with Gasteiger partial charge in [0, 0.05) is 24.5 Å². The Hall–Kier alpha value is -4.09. The summed E-state index contributed by atoms with van der Waals surface area (Å²) in [6, 6.07) is 4.80. The number of unbranched alkanes of at least 4 members (excludes halogenated alkanes) is 1. The second kappa shape index (κ2) is 15.0. The van der Waals surface area contributed by atoms with E-state index < -0.39 is 60.3 Å². The smallest absolute Gasteiger partial charge is 0.332 e. The average molecular weight is 510 g/mol. The molecular formula is C24H28F2N2O8. The molecule has 2 N–H and O–H groups in total. The van der Waals surface area contributed by atoms with Crippen LogP contribution in [0.1, 0.15) is 46.5 Å². The van der Waals surface area contributed by atoms with E-state index in [0.717, 1.165) is 17.0 Å². The fourth-order valence-corrected chi connectivity index (χ4v) is 2.68. The molecule has 0 aliphatic rings. The highest BCUT2D eigenvalue weighted by molar-refractivity contribution is 5.91. The second-order valence-electron chi connectivity index (χ2n) is 7.21. The Kier molecular flexibility index (Phi) is 12.5. The predicted molar refractivity (Wildman–Crippen MR) is 124 cm³/mol. The molecular weight excluding hydrogens is 482 g/mol. The van der Waals surface area contributed by atoms with Crippen molar-refractivity contribution in [2.45, 2.75) is 52.9 Å². The molecule has 0 aliphatic carbocycles. The summed E-state index contributed by atoms with van der Waals surface area (Å²) < 4.78 is 39.4. The summed E-state index contributed by atoms with van der Waals surface area (Å²) in [5, 5.41) is 17.5. The maximum atomic E-state index is 15.3. The minimum Gasteiger partial charge on any atom is -0.481 e. The van der Waals surface area contributed by atoms with Gasteiger partial charge in [0.25, 0.3) is 0 Å². The average Bonchev–Trinajstić information content (AvgIpc) is 2.80. The maximum Gasteiger partial charge on any atom is 0.332 e. The van der Waals surface area contributed by atoms with Crippen LogP contribution in [0.3, 0.4) is 0 Å². The zero-order valence-corrected chi connectivity index (χ0v) is 20.1. The van der Waals surface area contributed by atoms with E-state index in [-0.39, 0.29) is 17.8 Å². The molecule has 196 valence electrons. The van der Waals surface area contributed by atoms with Gasteiger partial charge in [-0.2, -0.15) is 0 Å². The Morgan fingerprint density at radius 2 is 1.50 bits per heavy atom. The number of carbonyl (C=O) groups excluding carboxylic acids is 2. The molecule has 2 rings (SSSR count). The number of halogens is 2. The van der Waals surface area contributed by atoms with Crippen LogP contribution in [0.2, 0.25) is 0 Å². The first-order valence-corrected chi connectivity index (χ1v) is 11.0. The van der Waals surface area contributed by atoms with Crippen molar-refractivity contribution in [2.75, 3.05) is 11.4 Å². The molecule has 0 radical (unpaired) electrons. The third-order valence-corrected chi connectivity index (χ3v) is 4.48. The molecule has 0 saturated heterocycles. The molecule has 0 saturated carbocycles. The Morgan fingerprint density at radius 1 is 0.944 bits per heavy atom. The fourth-order valence-electron chi connectivity index (χ4n) is 2.68. The van der Waals surface area contributed by atoms with Gasteiger partial charge in [-0.05, 0) is 25.1 Å². The van der Waals surface area contributed by atoms with Crippen LogP contribution >= 0.6 is 0 Å². The first kappa shape index (κ1) is 29.9. The predicted octanol–water partition coefficient (Wildman–Crippen LogP) is 3.98. The van der Waals surface area contributed by atoms with Crippen molar-refractivity contribution in [3.8, 4) is 11.1 Å². The molecule has 10 nitrogen and oxygen atoms in total. The van der Waals surface area contributed by atoms with Crippen LogP contribution in [0.15, 0.2) is 36.7 Å². The van der Waals surface area contributed by atoms with Gasteiger partial charge in [-0.15, -0.1) is 0 Å². The fraction of sp³-hybridized carbons (Fsp3) is 0.375. The van der Waals surface area contributed by atoms with E-state index in [4.69, 9.17) is 19.7 Å². The summed E-state index contributed by atoms with van der Waals surface area (Å²) in [6.45, 7) is 5.65. The van der Waals surface area contributed by atoms with Gasteiger partial charge in [-0.1, -0.05) is 32.8 Å². The Balaban J connectivity index is 0.00000150. The highest BCUT2D eigenvalue weighted by Gasteiger charge is 2.30. The quantitative estimate of drug-likeness (QED) is 0.259. The molecule has 0 unspecified atom stereocenters. The maximum absolute atomic E-state index is 15.3. The molecule has 2 aromatic rings. The van der Waals surface area contributed by atoms with Crippen LogP contribution in [0, 0.1) is 11.6 Å². The SMILES string of the molecule is CCCC.CCN(c1ccc(F)c(-c2cccnc2)c1F)C(OC(=O)CC(=O)O)OC(=O)CC(=O)O. The molecule has 0 spiro atoms. The van der Waals surface area contributed by atoms with Crippen molar-refractivity contribution in [1.82, 2.24) is 4.98 Å². The molecule has 0 bridgehead atoms. The van der Waals surface area contributed by atoms with E-state index in [2.05, 4.69) is 18.8 Å². The summed E-state index contributed by atoms with van der Waals surface area (Å²) >= 11 is 0. The van der Waals surface area contributed by atoms with Crippen molar-refractivity contribution in [2.24, 2.45) is 0 Å². The third kappa shape index (κ3) is 9.28. The van der Waals surface area contributed by atoms with Gasteiger partial charge in [0.2, 0.25) is 0 Å². The molecule has 36 heavy (non-hydrogen) atoms. The zero-order valence-electron chi connectivity index (χ0n) is 20.1. The first-order chi connectivity index (χ1) is 17.0. The highest BCUT2D eigenvalue weighted by atomic mass is 19.1. The summed E-state index contributed by atoms with van der Waals surface area (Å²) in [7, 11) is 0. The van der Waals surface area contributed by atoms with Crippen LogP contribution < -0.4 is 4.90 Å². The van der Waals surface area contributed by atoms with Gasteiger partial charge in [0.1, 0.15) is 18.7 Å². The van der Waals surface area contributed by atoms with E-state index >= 15 is 4.39 Å². The Morgan fingerprint density at radius 3 is 1.92 bits per heavy atom. The lowest BCUT2D eigenvalue weighted by Crippen LogP contribution is -2.43. The minimum absolute atomic E-state index is 0.0997. The number of carboxylic acid groups (broad SMARTS) is 2. The largest absolute Gasteiger partial charge is 0.481 e. The number of anilines is 1. The van der Waals surface area contributed by atoms with Crippen LogP contribution in [0.4, 0.5) is 14.5 Å². The van der Waals surface area contributed by atoms with E-state index in [0.29, 0.717) is 0 Å². The van der Waals surface area contributed by atoms with Crippen molar-refractivity contribution < 1.29 is 47.6 Å². The second-order valence-corrected chi connectivity index (χ2v) is 7.21. The zero-order chi connectivity index (χ0) is 27.3. The van der Waals surface area contributed by atoms with Crippen LogP contribution in [-0.2, 0) is 28.7 Å². The standard InChI is InChI=1S/C20H18F2N2O8.C4H10/c1-2-24(20(31-16(29)8-14(25)26)32-17(30)9-15(27)28)13-6-5-12(21)18(19(13)22)11-4-3-7-23-10-11;1-3-4-2/h3-7,10,20H,2,8-9H2,1H3,(H,25,26)(H,27,28);3-4H2,1-2H3. The Labute approximate surface area is 206 Å². The van der Waals surface area contributed by atoms with Crippen LogP contribution in [-0.4, -0.2) is 52.0 Å². The summed E-state index contributed by atoms with van der Waals surface area (Å²) in [5.41, 5.74) is -0.715. The number of aromatic nitrogens is 1. The number of pyridine rings is 1. The number of ether oxygens (including phenoxy) is 2. The lowest BCUT2D eigenvalue weighted by molar-refractivity contribution is -0.188. The number of hydrogen-bond acceptors (Lipinski definition) is 8. The normalized spacial score (nSPS) is 10.2. The Bertz CT molecular complexity index is 1020. The van der Waals surface area contributed by atoms with Gasteiger partial charge in [0.05, 0.1) is 11.3 Å². The monoisotopic (exact) mass is 510 g/mol. The van der Waals surface area contributed by atoms with Gasteiger partial charge in [-0.25, -0.2) is 8.78 Å². The molecule has 1 aromatic heterocycles. The van der Waals surface area contributed by atoms with Gasteiger partial charge >= 0.3 is 30.3 Å². The number of esters is 2. The topological polar surface area (TPSA) is 143 Å². The lowest BCUT2D eigenvalue weighted by Gasteiger charge is -2.31. The van der Waals surface area contributed by atoms with Gasteiger partial charge in [-0.3, -0.25) is 24.2 Å². The molecule has 0 atom stereocenters. The molecule has 0 fully saturated rings. The first-order valence-electron chi connectivity index (χ1n) is 11.0. The lowest BCUT2D eigenvalue weighted by atomic mass is 10.0. The van der Waals surface area contributed by atoms with Gasteiger partial charge in [0.15, 0.2) is 5.82 Å². The number of benzene rings is 1. The van der Waals surface area contributed by atoms with Crippen LogP contribution in [0.5, 0.6) is 0 Å². The van der Waals surface area contributed by atoms with Gasteiger partial charge < -0.3 is 24.6 Å². The molecule has 12 heteroatoms. The number of carboxylic acids is 2. The van der Waals surface area contributed by atoms with Crippen molar-refractivity contribution in [1.29, 1.82) is 0 Å². The van der Waals surface area contributed by atoms with Crippen molar-refractivity contribution in [3.63, 3.8) is 0 Å². The van der Waals surface area contributed by atoms with E-state index in [1.807, 2.05) is 0 Å². The van der Waals surface area contributed by atoms with E-state index in [9.17, 15) is 23.6 Å². The molecule has 0 aliphatic heterocycles. The van der Waals surface area contributed by atoms with E-state index in [1.54, 1.807) is 0 Å². The third-order valence-electron chi connectivity index (χ3n) is 4.48. The molecule has 1 aromatic carbocycles. The summed E-state index contributed by atoms with van der Waals surface area (Å²) in [6.07, 6.45) is 1.05. The molecule has 0 amide bonds. The van der Waals surface area contributed by atoms with Crippen molar-refractivity contribution >= 4 is 29.6 Å². The molecule has 1 heterocycles. The van der Waals surface area contributed by atoms with Crippen molar-refractivity contribution in [3.05, 3.63) is 48.3 Å². The number of nitrogens with zero attached hydrogens (tertiary/aromatic N) is 2. The summed E-state index contributed by atoms with van der Waals surface area (Å²) in [5.74, 6) is -7.77. The highest BCUT2D eigenvalue weighted by Crippen LogP contribution is 2.33. The summed E-state index contributed by atoms with van der Waals surface area (Å²) in [4.78, 5) is 49.9. The number of carbonyl (C=O) groups is 4. The number of aliphatic carboxylic acids is 2. The minimum atomic E-state index is -2.01. The van der Waals surface area contributed by atoms with E-state index in [1.165, 1.54) is 44.3 Å². The number of hydrogen-bond donors (Lipinski definition) is 2.